The molecule has 222 valence electrons. The van der Waals surface area contributed by atoms with Gasteiger partial charge in [0.1, 0.15) is 5.75 Å². The van der Waals surface area contributed by atoms with Crippen molar-refractivity contribution in [2.24, 2.45) is 0 Å². The van der Waals surface area contributed by atoms with Crippen LogP contribution in [0.4, 0.5) is 10.3 Å². The van der Waals surface area contributed by atoms with Gasteiger partial charge in [-0.15, -0.1) is 17.8 Å². The van der Waals surface area contributed by atoms with E-state index in [1.54, 1.807) is 18.2 Å². The minimum absolute atomic E-state index is 0.0488. The molecule has 0 atom stereocenters. The van der Waals surface area contributed by atoms with Crippen LogP contribution in [0.1, 0.15) is 48.0 Å². The second-order valence-electron chi connectivity index (χ2n) is 10.5. The molecule has 4 heterocycles. The number of terminal acetylenes is 1. The summed E-state index contributed by atoms with van der Waals surface area (Å²) in [6.45, 7) is 1.02. The van der Waals surface area contributed by atoms with E-state index in [2.05, 4.69) is 21.2 Å². The van der Waals surface area contributed by atoms with Crippen LogP contribution in [0.15, 0.2) is 71.4 Å². The lowest BCUT2D eigenvalue weighted by atomic mass is 9.94. The molecule has 1 aliphatic rings. The molecule has 45 heavy (non-hydrogen) atoms. The van der Waals surface area contributed by atoms with Gasteiger partial charge in [0.25, 0.3) is 5.91 Å². The first kappa shape index (κ1) is 28.7. The number of carboxylic acid groups (broad SMARTS) is 1. The molecule has 11 heteroatoms. The molecule has 6 aromatic rings. The highest BCUT2D eigenvalue weighted by atomic mass is 32.1. The Bertz CT molecular complexity index is 2120. The highest BCUT2D eigenvalue weighted by molar-refractivity contribution is 7.22. The predicted octanol–water partition coefficient (Wildman–Crippen LogP) is 7.27. The average molecular weight is 649 g/mol. The van der Waals surface area contributed by atoms with Gasteiger partial charge in [-0.25, -0.2) is 14.8 Å². The van der Waals surface area contributed by atoms with Crippen LogP contribution in [-0.2, 0) is 19.4 Å². The van der Waals surface area contributed by atoms with Gasteiger partial charge in [-0.1, -0.05) is 47.6 Å². The van der Waals surface area contributed by atoms with Gasteiger partial charge >= 0.3 is 5.97 Å². The number of rotatable bonds is 7. The molecular weight excluding hydrogens is 625 g/mol. The summed E-state index contributed by atoms with van der Waals surface area (Å²) in [5.41, 5.74) is 6.36. The third-order valence-corrected chi connectivity index (χ3v) is 10.6. The van der Waals surface area contributed by atoms with Crippen LogP contribution in [-0.4, -0.2) is 38.6 Å². The van der Waals surface area contributed by atoms with Crippen molar-refractivity contribution in [1.82, 2.24) is 9.97 Å². The van der Waals surface area contributed by atoms with Crippen molar-refractivity contribution in [3.8, 4) is 29.2 Å². The third-order valence-electron chi connectivity index (χ3n) is 7.75. The van der Waals surface area contributed by atoms with Gasteiger partial charge in [-0.2, -0.15) is 11.3 Å². The molecule has 0 unspecified atom stereocenters. The van der Waals surface area contributed by atoms with Crippen LogP contribution in [0.2, 0.25) is 0 Å². The number of thiophene rings is 1. The maximum absolute atomic E-state index is 13.5. The van der Waals surface area contributed by atoms with E-state index in [1.807, 2.05) is 58.1 Å². The maximum Gasteiger partial charge on any atom is 0.355 e. The maximum atomic E-state index is 13.5. The molecule has 0 spiro atoms. The Morgan fingerprint density at radius 1 is 1.04 bits per heavy atom. The molecule has 0 bridgehead atoms. The number of aromatic hydroxyl groups is 1. The number of carboxylic acids is 1. The van der Waals surface area contributed by atoms with Gasteiger partial charge in [0, 0.05) is 46.5 Å². The molecule has 0 fully saturated rings. The van der Waals surface area contributed by atoms with E-state index in [-0.39, 0.29) is 23.8 Å². The lowest BCUT2D eigenvalue weighted by Gasteiger charge is -2.29. The second kappa shape index (κ2) is 11.8. The number of aromatic nitrogens is 2. The number of phenolic OH excluding ortho intramolecular Hbond substituents is 1. The SMILES string of the molecule is C#Cc1cscc1-c1ccc(O)c(Cc2sc(N3CCc4cccc(C(=O)Nc5nc6ccccc6s5)c4C3)nc2C(=O)O)c1. The fourth-order valence-corrected chi connectivity index (χ4v) is 8.27. The van der Waals surface area contributed by atoms with Gasteiger partial charge in [0.05, 0.1) is 10.2 Å². The number of thiazole rings is 2. The number of fused-ring (bicyclic) bond motifs is 2. The van der Waals surface area contributed by atoms with Gasteiger partial charge in [0.2, 0.25) is 0 Å². The molecular formula is C34H24N4O4S3. The molecule has 3 aromatic carbocycles. The van der Waals surface area contributed by atoms with Crippen LogP contribution in [0.3, 0.4) is 0 Å². The monoisotopic (exact) mass is 648 g/mol. The number of phenols is 1. The fraction of sp³-hybridized carbons (Fsp3) is 0.118. The van der Waals surface area contributed by atoms with Crippen molar-refractivity contribution < 1.29 is 19.8 Å². The van der Waals surface area contributed by atoms with Crippen molar-refractivity contribution in [3.63, 3.8) is 0 Å². The van der Waals surface area contributed by atoms with Crippen molar-refractivity contribution >= 4 is 66.4 Å². The van der Waals surface area contributed by atoms with Gasteiger partial charge < -0.3 is 15.1 Å². The Kier molecular flexibility index (Phi) is 7.55. The lowest BCUT2D eigenvalue weighted by Crippen LogP contribution is -2.32. The highest BCUT2D eigenvalue weighted by Gasteiger charge is 2.27. The summed E-state index contributed by atoms with van der Waals surface area (Å²) >= 11 is 4.21. The number of aromatic carboxylic acids is 1. The second-order valence-corrected chi connectivity index (χ2v) is 13.3. The summed E-state index contributed by atoms with van der Waals surface area (Å²) < 4.78 is 0.992. The molecule has 1 aliphatic heterocycles. The van der Waals surface area contributed by atoms with Crippen LogP contribution in [0, 0.1) is 12.3 Å². The van der Waals surface area contributed by atoms with E-state index < -0.39 is 5.97 Å². The smallest absolute Gasteiger partial charge is 0.355 e. The first-order valence-corrected chi connectivity index (χ1v) is 16.6. The van der Waals surface area contributed by atoms with E-state index in [1.165, 1.54) is 34.0 Å². The molecule has 0 saturated carbocycles. The van der Waals surface area contributed by atoms with Crippen molar-refractivity contribution in [2.45, 2.75) is 19.4 Å². The summed E-state index contributed by atoms with van der Waals surface area (Å²) in [6, 6.07) is 18.7. The Morgan fingerprint density at radius 3 is 2.73 bits per heavy atom. The Balaban J connectivity index is 1.16. The zero-order valence-electron chi connectivity index (χ0n) is 23.6. The van der Waals surface area contributed by atoms with Crippen LogP contribution in [0.5, 0.6) is 5.75 Å². The number of carbonyl (C=O) groups excluding carboxylic acids is 1. The number of carbonyl (C=O) groups is 2. The molecule has 7 rings (SSSR count). The van der Waals surface area contributed by atoms with Crippen molar-refractivity contribution in [1.29, 1.82) is 0 Å². The molecule has 0 radical (unpaired) electrons. The van der Waals surface area contributed by atoms with Gasteiger partial charge in [0.15, 0.2) is 16.0 Å². The molecule has 3 aromatic heterocycles. The van der Waals surface area contributed by atoms with E-state index in [4.69, 9.17) is 6.42 Å². The number of hydrogen-bond acceptors (Lipinski definition) is 9. The number of hydrogen-bond donors (Lipinski definition) is 3. The largest absolute Gasteiger partial charge is 0.508 e. The summed E-state index contributed by atoms with van der Waals surface area (Å²) in [6.07, 6.45) is 6.53. The van der Waals surface area contributed by atoms with Gasteiger partial charge in [-0.05, 0) is 64.4 Å². The molecule has 0 saturated heterocycles. The molecule has 0 aliphatic carbocycles. The summed E-state index contributed by atoms with van der Waals surface area (Å²) in [5.74, 6) is 1.38. The first-order valence-electron chi connectivity index (χ1n) is 14.0. The van der Waals surface area contributed by atoms with Crippen LogP contribution in [0.25, 0.3) is 21.3 Å². The fourth-order valence-electron chi connectivity index (χ4n) is 5.51. The van der Waals surface area contributed by atoms with E-state index in [0.29, 0.717) is 45.8 Å². The number of anilines is 2. The Labute approximate surface area is 270 Å². The molecule has 1 amide bonds. The first-order chi connectivity index (χ1) is 21.9. The number of nitrogens with one attached hydrogen (secondary N) is 1. The van der Waals surface area contributed by atoms with Crippen molar-refractivity contribution in [3.05, 3.63) is 110 Å². The molecule has 8 nitrogen and oxygen atoms in total. The topological polar surface area (TPSA) is 116 Å². The zero-order chi connectivity index (χ0) is 31.1. The number of nitrogens with zero attached hydrogens (tertiary/aromatic N) is 3. The van der Waals surface area contributed by atoms with E-state index in [0.717, 1.165) is 38.0 Å². The van der Waals surface area contributed by atoms with Gasteiger partial charge in [-0.3, -0.25) is 10.1 Å². The summed E-state index contributed by atoms with van der Waals surface area (Å²) in [5, 5.41) is 28.6. The summed E-state index contributed by atoms with van der Waals surface area (Å²) in [7, 11) is 0. The quantitative estimate of drug-likeness (QED) is 0.156. The number of benzene rings is 3. The van der Waals surface area contributed by atoms with Crippen LogP contribution >= 0.6 is 34.0 Å². The lowest BCUT2D eigenvalue weighted by molar-refractivity contribution is 0.0690. The average Bonchev–Trinajstić information content (AvgIpc) is 3.79. The van der Waals surface area contributed by atoms with E-state index in [9.17, 15) is 19.8 Å². The third kappa shape index (κ3) is 5.55. The number of para-hydroxylation sites is 1. The minimum Gasteiger partial charge on any atom is -0.508 e. The normalized spacial score (nSPS) is 12.6. The Hall–Kier alpha value is -5.02. The predicted molar refractivity (Wildman–Crippen MR) is 180 cm³/mol. The molecule has 3 N–H and O–H groups in total. The minimum atomic E-state index is -1.14. The highest BCUT2D eigenvalue weighted by Crippen LogP contribution is 2.36. The van der Waals surface area contributed by atoms with Crippen molar-refractivity contribution in [2.75, 3.05) is 16.8 Å². The standard InChI is InChI=1S/C34H24N4O4S3/c1-2-19-17-43-18-25(19)21-10-11-27(39)22(14-21)15-29-30(32(41)42)36-34(45-29)38-13-12-20-6-5-7-23(24(20)16-38)31(40)37-33-35-26-8-3-4-9-28(26)44-33/h1,3-11,14,17-18,39H,12-13,15-16H2,(H,41,42)(H,35,37,40). The summed E-state index contributed by atoms with van der Waals surface area (Å²) in [4.78, 5) is 37.4. The number of amides is 1. The van der Waals surface area contributed by atoms with E-state index >= 15 is 0 Å². The van der Waals surface area contributed by atoms with Crippen LogP contribution < -0.4 is 10.2 Å². The Morgan fingerprint density at radius 2 is 1.91 bits per heavy atom. The zero-order valence-corrected chi connectivity index (χ0v) is 26.1.